The van der Waals surface area contributed by atoms with Gasteiger partial charge in [-0.05, 0) is 6.07 Å². The van der Waals surface area contributed by atoms with Crippen LogP contribution in [0.3, 0.4) is 0 Å². The molecule has 1 atom stereocenters. The molecule has 0 radical (unpaired) electrons. The number of hydrogen-bond acceptors (Lipinski definition) is 5. The van der Waals surface area contributed by atoms with Crippen LogP contribution < -0.4 is 17.2 Å². The van der Waals surface area contributed by atoms with Crippen LogP contribution in [-0.2, 0) is 6.54 Å². The fourth-order valence-corrected chi connectivity index (χ4v) is 0.883. The molecule has 0 aromatic carbocycles. The molecule has 0 fully saturated rings. The normalized spacial score (nSPS) is 12.8. The number of nitrogen functional groups attached to an aromatic ring is 1. The van der Waals surface area contributed by atoms with Crippen LogP contribution in [0.15, 0.2) is 17.1 Å². The third-order valence-corrected chi connectivity index (χ3v) is 1.58. The molecule has 1 aromatic rings. The lowest BCUT2D eigenvalue weighted by Crippen LogP contribution is -2.32. The second-order valence-corrected chi connectivity index (χ2v) is 2.68. The molecule has 0 aliphatic rings. The van der Waals surface area contributed by atoms with Crippen LogP contribution in [0, 0.1) is 0 Å². The highest BCUT2D eigenvalue weighted by atomic mass is 16.3. The Bertz CT molecular complexity index is 336. The van der Waals surface area contributed by atoms with Gasteiger partial charge in [-0.2, -0.15) is 4.98 Å². The highest BCUT2D eigenvalue weighted by molar-refractivity contribution is 5.23. The standard InChI is InChI=1S/C7H12N4O2/c8-3-5(12)4-11-2-1-6(9)10-7(11)13/h1-2,5,12H,3-4,8H2,(H2,9,10,13). The van der Waals surface area contributed by atoms with E-state index in [9.17, 15) is 4.79 Å². The molecule has 1 heterocycles. The van der Waals surface area contributed by atoms with E-state index in [0.29, 0.717) is 0 Å². The van der Waals surface area contributed by atoms with Gasteiger partial charge in [0.05, 0.1) is 12.6 Å². The lowest BCUT2D eigenvalue weighted by molar-refractivity contribution is 0.160. The van der Waals surface area contributed by atoms with E-state index in [1.54, 1.807) is 0 Å². The smallest absolute Gasteiger partial charge is 0.349 e. The maximum absolute atomic E-state index is 11.1. The van der Waals surface area contributed by atoms with Gasteiger partial charge in [0.1, 0.15) is 5.82 Å². The first-order valence-electron chi connectivity index (χ1n) is 3.84. The minimum atomic E-state index is -0.733. The highest BCUT2D eigenvalue weighted by Gasteiger charge is 2.04. The molecule has 1 rings (SSSR count). The van der Waals surface area contributed by atoms with Gasteiger partial charge < -0.3 is 16.6 Å². The molecule has 1 aromatic heterocycles. The van der Waals surface area contributed by atoms with Gasteiger partial charge in [0.15, 0.2) is 0 Å². The summed E-state index contributed by atoms with van der Waals surface area (Å²) in [6, 6.07) is 1.49. The molecule has 5 N–H and O–H groups in total. The summed E-state index contributed by atoms with van der Waals surface area (Å²) in [7, 11) is 0. The van der Waals surface area contributed by atoms with Crippen LogP contribution in [0.25, 0.3) is 0 Å². The first kappa shape index (κ1) is 9.69. The van der Waals surface area contributed by atoms with Crippen LogP contribution in [0.5, 0.6) is 0 Å². The van der Waals surface area contributed by atoms with Crippen molar-refractivity contribution in [1.29, 1.82) is 0 Å². The molecule has 0 aliphatic heterocycles. The molecule has 6 nitrogen and oxygen atoms in total. The first-order valence-corrected chi connectivity index (χ1v) is 3.84. The third-order valence-electron chi connectivity index (χ3n) is 1.58. The van der Waals surface area contributed by atoms with E-state index in [0.717, 1.165) is 0 Å². The Kier molecular flexibility index (Phi) is 2.99. The second-order valence-electron chi connectivity index (χ2n) is 2.68. The predicted molar refractivity (Wildman–Crippen MR) is 48.0 cm³/mol. The van der Waals surface area contributed by atoms with E-state index < -0.39 is 11.8 Å². The maximum Gasteiger partial charge on any atom is 0.349 e. The molecule has 1 unspecified atom stereocenters. The Balaban J connectivity index is 2.84. The minimum absolute atomic E-state index is 0.108. The SMILES string of the molecule is NCC(O)Cn1ccc(N)nc1=O. The summed E-state index contributed by atoms with van der Waals surface area (Å²) in [6.07, 6.45) is 0.743. The largest absolute Gasteiger partial charge is 0.390 e. The molecule has 0 amide bonds. The van der Waals surface area contributed by atoms with Crippen molar-refractivity contribution in [2.75, 3.05) is 12.3 Å². The van der Waals surface area contributed by atoms with Crippen molar-refractivity contribution in [3.63, 3.8) is 0 Å². The molecular weight excluding hydrogens is 172 g/mol. The highest BCUT2D eigenvalue weighted by Crippen LogP contribution is 1.91. The van der Waals surface area contributed by atoms with Crippen molar-refractivity contribution in [3.05, 3.63) is 22.7 Å². The van der Waals surface area contributed by atoms with Crippen molar-refractivity contribution in [2.24, 2.45) is 5.73 Å². The first-order chi connectivity index (χ1) is 6.13. The van der Waals surface area contributed by atoms with Crippen LogP contribution in [0.2, 0.25) is 0 Å². The van der Waals surface area contributed by atoms with Crippen molar-refractivity contribution >= 4 is 5.82 Å². The number of nitrogens with two attached hydrogens (primary N) is 2. The monoisotopic (exact) mass is 184 g/mol. The summed E-state index contributed by atoms with van der Waals surface area (Å²) in [4.78, 5) is 14.6. The summed E-state index contributed by atoms with van der Waals surface area (Å²) in [5, 5.41) is 9.16. The second kappa shape index (κ2) is 4.01. The summed E-state index contributed by atoms with van der Waals surface area (Å²) < 4.78 is 1.26. The van der Waals surface area contributed by atoms with Crippen LogP contribution in [0.4, 0.5) is 5.82 Å². The fraction of sp³-hybridized carbons (Fsp3) is 0.429. The number of nitrogens with zero attached hydrogens (tertiary/aromatic N) is 2. The van der Waals surface area contributed by atoms with Crippen LogP contribution in [-0.4, -0.2) is 27.3 Å². The van der Waals surface area contributed by atoms with Gasteiger partial charge >= 0.3 is 5.69 Å². The lowest BCUT2D eigenvalue weighted by atomic mass is 10.3. The van der Waals surface area contributed by atoms with Crippen LogP contribution >= 0.6 is 0 Å². The Morgan fingerprint density at radius 3 is 2.92 bits per heavy atom. The molecule has 0 saturated heterocycles. The molecular formula is C7H12N4O2. The van der Waals surface area contributed by atoms with Gasteiger partial charge in [-0.25, -0.2) is 4.79 Å². The molecule has 6 heteroatoms. The molecule has 0 spiro atoms. The quantitative estimate of drug-likeness (QED) is 0.511. The number of aromatic nitrogens is 2. The Morgan fingerprint density at radius 2 is 2.38 bits per heavy atom. The third kappa shape index (κ3) is 2.53. The van der Waals surface area contributed by atoms with Gasteiger partial charge in [-0.1, -0.05) is 0 Å². The van der Waals surface area contributed by atoms with Crippen molar-refractivity contribution in [1.82, 2.24) is 9.55 Å². The predicted octanol–water partition coefficient (Wildman–Crippen LogP) is -1.85. The van der Waals surface area contributed by atoms with E-state index in [1.807, 2.05) is 0 Å². The summed E-state index contributed by atoms with van der Waals surface area (Å²) in [5.41, 5.74) is 9.99. The Labute approximate surface area is 74.8 Å². The number of rotatable bonds is 3. The van der Waals surface area contributed by atoms with E-state index in [1.165, 1.54) is 16.8 Å². The lowest BCUT2D eigenvalue weighted by Gasteiger charge is -2.09. The van der Waals surface area contributed by atoms with Gasteiger partial charge in [0, 0.05) is 12.7 Å². The summed E-state index contributed by atoms with van der Waals surface area (Å²) in [6.45, 7) is 0.249. The zero-order valence-electron chi connectivity index (χ0n) is 7.05. The van der Waals surface area contributed by atoms with Gasteiger partial charge in [0.2, 0.25) is 0 Å². The molecule has 72 valence electrons. The Hall–Kier alpha value is -1.40. The Morgan fingerprint density at radius 1 is 1.69 bits per heavy atom. The summed E-state index contributed by atoms with van der Waals surface area (Å²) in [5.74, 6) is 0.170. The number of aliphatic hydroxyl groups is 1. The average Bonchev–Trinajstić information content (AvgIpc) is 2.09. The molecule has 0 saturated carbocycles. The van der Waals surface area contributed by atoms with Gasteiger partial charge in [-0.3, -0.25) is 4.57 Å². The fourth-order valence-electron chi connectivity index (χ4n) is 0.883. The van der Waals surface area contributed by atoms with Crippen LogP contribution in [0.1, 0.15) is 0 Å². The van der Waals surface area contributed by atoms with E-state index >= 15 is 0 Å². The zero-order chi connectivity index (χ0) is 9.84. The zero-order valence-corrected chi connectivity index (χ0v) is 7.05. The van der Waals surface area contributed by atoms with Crippen molar-refractivity contribution in [3.8, 4) is 0 Å². The van der Waals surface area contributed by atoms with E-state index in [4.69, 9.17) is 16.6 Å². The van der Waals surface area contributed by atoms with Crippen molar-refractivity contribution in [2.45, 2.75) is 12.6 Å². The topological polar surface area (TPSA) is 107 Å². The van der Waals surface area contributed by atoms with E-state index in [2.05, 4.69) is 4.98 Å². The minimum Gasteiger partial charge on any atom is -0.390 e. The average molecular weight is 184 g/mol. The molecule has 0 bridgehead atoms. The van der Waals surface area contributed by atoms with Crippen molar-refractivity contribution < 1.29 is 5.11 Å². The van der Waals surface area contributed by atoms with E-state index in [-0.39, 0.29) is 18.9 Å². The summed E-state index contributed by atoms with van der Waals surface area (Å²) >= 11 is 0. The number of anilines is 1. The maximum atomic E-state index is 11.1. The molecule has 13 heavy (non-hydrogen) atoms. The number of aliphatic hydroxyl groups excluding tert-OH is 1. The van der Waals surface area contributed by atoms with Gasteiger partial charge in [0.25, 0.3) is 0 Å². The molecule has 0 aliphatic carbocycles. The number of hydrogen-bond donors (Lipinski definition) is 3. The van der Waals surface area contributed by atoms with Gasteiger partial charge in [-0.15, -0.1) is 0 Å².